The van der Waals surface area contributed by atoms with Crippen molar-refractivity contribution in [3.8, 4) is 0 Å². The Bertz CT molecular complexity index is 273. The highest BCUT2D eigenvalue weighted by Gasteiger charge is 2.20. The van der Waals surface area contributed by atoms with E-state index in [-0.39, 0.29) is 0 Å². The molecule has 1 aliphatic carbocycles. The standard InChI is InChI=1S/C11H19N3O/c1-9-4-2-3-5-10(9)12-7-6-11-13-8-14-15-11/h8-10,12H,2-7H2,1H3. The number of nitrogens with one attached hydrogen (secondary N) is 1. The zero-order valence-electron chi connectivity index (χ0n) is 9.28. The average molecular weight is 209 g/mol. The second-order valence-electron chi connectivity index (χ2n) is 4.41. The largest absolute Gasteiger partial charge is 0.340 e. The van der Waals surface area contributed by atoms with Gasteiger partial charge in [0.05, 0.1) is 0 Å². The molecule has 1 fully saturated rings. The summed E-state index contributed by atoms with van der Waals surface area (Å²) >= 11 is 0. The van der Waals surface area contributed by atoms with Gasteiger partial charge in [-0.05, 0) is 18.8 Å². The fourth-order valence-corrected chi connectivity index (χ4v) is 2.29. The van der Waals surface area contributed by atoms with Gasteiger partial charge in [0.2, 0.25) is 5.89 Å². The maximum Gasteiger partial charge on any atom is 0.227 e. The summed E-state index contributed by atoms with van der Waals surface area (Å²) in [5.41, 5.74) is 0. The maximum atomic E-state index is 4.95. The number of nitrogens with zero attached hydrogens (tertiary/aromatic N) is 2. The number of rotatable bonds is 4. The third kappa shape index (κ3) is 3.02. The predicted octanol–water partition coefficient (Wildman–Crippen LogP) is 1.78. The predicted molar refractivity (Wildman–Crippen MR) is 57.4 cm³/mol. The molecular formula is C11H19N3O. The van der Waals surface area contributed by atoms with Gasteiger partial charge in [-0.2, -0.15) is 4.98 Å². The van der Waals surface area contributed by atoms with Crippen molar-refractivity contribution >= 4 is 0 Å². The quantitative estimate of drug-likeness (QED) is 0.821. The number of hydrogen-bond acceptors (Lipinski definition) is 4. The molecule has 1 saturated carbocycles. The third-order valence-corrected chi connectivity index (χ3v) is 3.26. The molecule has 0 aliphatic heterocycles. The smallest absolute Gasteiger partial charge is 0.227 e. The van der Waals surface area contributed by atoms with E-state index in [2.05, 4.69) is 22.4 Å². The Kier molecular flexibility index (Phi) is 3.72. The van der Waals surface area contributed by atoms with Gasteiger partial charge < -0.3 is 9.84 Å². The first kappa shape index (κ1) is 10.6. The van der Waals surface area contributed by atoms with Gasteiger partial charge in [0.15, 0.2) is 6.33 Å². The van der Waals surface area contributed by atoms with Crippen molar-refractivity contribution in [1.82, 2.24) is 15.5 Å². The van der Waals surface area contributed by atoms with Crippen LogP contribution in [0, 0.1) is 5.92 Å². The summed E-state index contributed by atoms with van der Waals surface area (Å²) in [5.74, 6) is 1.53. The van der Waals surface area contributed by atoms with Crippen molar-refractivity contribution in [2.45, 2.75) is 45.1 Å². The molecular weight excluding hydrogens is 190 g/mol. The lowest BCUT2D eigenvalue weighted by Gasteiger charge is -2.29. The van der Waals surface area contributed by atoms with Crippen LogP contribution in [0.2, 0.25) is 0 Å². The first-order valence-corrected chi connectivity index (χ1v) is 5.85. The third-order valence-electron chi connectivity index (χ3n) is 3.26. The molecule has 2 atom stereocenters. The van der Waals surface area contributed by atoms with Crippen LogP contribution in [0.15, 0.2) is 10.9 Å². The maximum absolute atomic E-state index is 4.95. The van der Waals surface area contributed by atoms with Crippen LogP contribution in [0.3, 0.4) is 0 Å². The van der Waals surface area contributed by atoms with Crippen molar-refractivity contribution < 1.29 is 4.52 Å². The van der Waals surface area contributed by atoms with Crippen LogP contribution in [0.25, 0.3) is 0 Å². The van der Waals surface area contributed by atoms with E-state index in [0.717, 1.165) is 24.8 Å². The Balaban J connectivity index is 1.68. The fourth-order valence-electron chi connectivity index (χ4n) is 2.29. The molecule has 0 aromatic carbocycles. The Hall–Kier alpha value is -0.900. The van der Waals surface area contributed by atoms with Gasteiger partial charge in [-0.25, -0.2) is 0 Å². The summed E-state index contributed by atoms with van der Waals surface area (Å²) in [4.78, 5) is 4.00. The van der Waals surface area contributed by atoms with Crippen molar-refractivity contribution in [3.63, 3.8) is 0 Å². The van der Waals surface area contributed by atoms with E-state index >= 15 is 0 Å². The van der Waals surface area contributed by atoms with E-state index < -0.39 is 0 Å². The molecule has 2 unspecified atom stereocenters. The Morgan fingerprint density at radius 1 is 1.47 bits per heavy atom. The van der Waals surface area contributed by atoms with Gasteiger partial charge in [-0.1, -0.05) is 24.9 Å². The van der Waals surface area contributed by atoms with Crippen LogP contribution in [0.5, 0.6) is 0 Å². The molecule has 2 rings (SSSR count). The molecule has 0 spiro atoms. The molecule has 1 aliphatic rings. The van der Waals surface area contributed by atoms with E-state index in [4.69, 9.17) is 4.52 Å². The monoisotopic (exact) mass is 209 g/mol. The normalized spacial score (nSPS) is 26.7. The summed E-state index contributed by atoms with van der Waals surface area (Å²) in [6, 6.07) is 0.682. The van der Waals surface area contributed by atoms with Gasteiger partial charge in [-0.3, -0.25) is 0 Å². The van der Waals surface area contributed by atoms with E-state index in [1.54, 1.807) is 0 Å². The molecule has 0 saturated heterocycles. The minimum Gasteiger partial charge on any atom is -0.340 e. The lowest BCUT2D eigenvalue weighted by Crippen LogP contribution is -2.38. The molecule has 0 radical (unpaired) electrons. The van der Waals surface area contributed by atoms with Gasteiger partial charge in [0.1, 0.15) is 0 Å². The minimum absolute atomic E-state index is 0.682. The van der Waals surface area contributed by atoms with Crippen molar-refractivity contribution in [1.29, 1.82) is 0 Å². The number of hydrogen-bond donors (Lipinski definition) is 1. The summed E-state index contributed by atoms with van der Waals surface area (Å²) in [5, 5.41) is 7.17. The summed E-state index contributed by atoms with van der Waals surface area (Å²) in [6.07, 6.45) is 7.72. The second-order valence-corrected chi connectivity index (χ2v) is 4.41. The molecule has 1 heterocycles. The van der Waals surface area contributed by atoms with Crippen molar-refractivity contribution in [3.05, 3.63) is 12.2 Å². The zero-order valence-corrected chi connectivity index (χ0v) is 9.28. The van der Waals surface area contributed by atoms with E-state index in [0.29, 0.717) is 6.04 Å². The van der Waals surface area contributed by atoms with Gasteiger partial charge in [0, 0.05) is 19.0 Å². The van der Waals surface area contributed by atoms with Crippen LogP contribution in [0.4, 0.5) is 0 Å². The first-order valence-electron chi connectivity index (χ1n) is 5.85. The Morgan fingerprint density at radius 3 is 3.07 bits per heavy atom. The van der Waals surface area contributed by atoms with Gasteiger partial charge in [-0.15, -0.1) is 0 Å². The lowest BCUT2D eigenvalue weighted by atomic mass is 9.86. The topological polar surface area (TPSA) is 51.0 Å². The van der Waals surface area contributed by atoms with Crippen LogP contribution in [0.1, 0.15) is 38.5 Å². The summed E-state index contributed by atoms with van der Waals surface area (Å²) in [6.45, 7) is 3.28. The molecule has 4 nitrogen and oxygen atoms in total. The summed E-state index contributed by atoms with van der Waals surface area (Å²) in [7, 11) is 0. The van der Waals surface area contributed by atoms with E-state index in [1.165, 1.54) is 32.0 Å². The Morgan fingerprint density at radius 2 is 2.33 bits per heavy atom. The highest BCUT2D eigenvalue weighted by molar-refractivity contribution is 4.81. The first-order chi connectivity index (χ1) is 7.36. The van der Waals surface area contributed by atoms with Gasteiger partial charge >= 0.3 is 0 Å². The average Bonchev–Trinajstić information content (AvgIpc) is 2.74. The molecule has 1 N–H and O–H groups in total. The minimum atomic E-state index is 0.682. The van der Waals surface area contributed by atoms with E-state index in [1.807, 2.05) is 0 Å². The fraction of sp³-hybridized carbons (Fsp3) is 0.818. The lowest BCUT2D eigenvalue weighted by molar-refractivity contribution is 0.278. The Labute approximate surface area is 90.4 Å². The molecule has 15 heavy (non-hydrogen) atoms. The van der Waals surface area contributed by atoms with Crippen molar-refractivity contribution in [2.24, 2.45) is 5.92 Å². The molecule has 4 heteroatoms. The van der Waals surface area contributed by atoms with Crippen LogP contribution in [-0.2, 0) is 6.42 Å². The summed E-state index contributed by atoms with van der Waals surface area (Å²) < 4.78 is 4.95. The van der Waals surface area contributed by atoms with Crippen LogP contribution in [-0.4, -0.2) is 22.7 Å². The SMILES string of the molecule is CC1CCCCC1NCCc1ncno1. The molecule has 84 valence electrons. The molecule has 0 amide bonds. The van der Waals surface area contributed by atoms with Crippen molar-refractivity contribution in [2.75, 3.05) is 6.54 Å². The number of aromatic nitrogens is 2. The molecule has 0 bridgehead atoms. The highest BCUT2D eigenvalue weighted by Crippen LogP contribution is 2.23. The second kappa shape index (κ2) is 5.26. The van der Waals surface area contributed by atoms with Crippen LogP contribution < -0.4 is 5.32 Å². The molecule has 1 aromatic heterocycles. The van der Waals surface area contributed by atoms with Gasteiger partial charge in [0.25, 0.3) is 0 Å². The van der Waals surface area contributed by atoms with E-state index in [9.17, 15) is 0 Å². The highest BCUT2D eigenvalue weighted by atomic mass is 16.5. The zero-order chi connectivity index (χ0) is 10.5. The van der Waals surface area contributed by atoms with Crippen LogP contribution >= 0.6 is 0 Å². The molecule has 1 aromatic rings.